The zero-order valence-electron chi connectivity index (χ0n) is 14.4. The fourth-order valence-corrected chi connectivity index (χ4v) is 3.41. The summed E-state index contributed by atoms with van der Waals surface area (Å²) in [6.45, 7) is 12.5. The lowest BCUT2D eigenvalue weighted by Gasteiger charge is -2.40. The molecule has 124 valence electrons. The van der Waals surface area contributed by atoms with Gasteiger partial charge in [0.1, 0.15) is 5.60 Å². The maximum Gasteiger partial charge on any atom is 0.410 e. The van der Waals surface area contributed by atoms with Gasteiger partial charge in [-0.25, -0.2) is 4.79 Å². The Morgan fingerprint density at radius 1 is 1.41 bits per heavy atom. The molecule has 1 fully saturated rings. The van der Waals surface area contributed by atoms with Crippen LogP contribution in [0, 0.1) is 6.92 Å². The van der Waals surface area contributed by atoms with E-state index in [1.54, 1.807) is 11.3 Å². The van der Waals surface area contributed by atoms with Crippen LogP contribution in [0.4, 0.5) is 4.79 Å². The molecule has 1 amide bonds. The van der Waals surface area contributed by atoms with E-state index < -0.39 is 5.60 Å². The molecule has 0 saturated carbocycles. The van der Waals surface area contributed by atoms with Gasteiger partial charge in [-0.3, -0.25) is 0 Å². The lowest BCUT2D eigenvalue weighted by Crippen LogP contribution is -2.53. The smallest absolute Gasteiger partial charge is 0.410 e. The highest BCUT2D eigenvalue weighted by Gasteiger charge is 2.33. The Labute approximate surface area is 137 Å². The Kier molecular flexibility index (Phi) is 5.17. The number of thiophene rings is 1. The van der Waals surface area contributed by atoms with Crippen molar-refractivity contribution in [1.82, 2.24) is 10.2 Å². The monoisotopic (exact) mass is 324 g/mol. The second kappa shape index (κ2) is 6.59. The van der Waals surface area contributed by atoms with Crippen molar-refractivity contribution in [3.63, 3.8) is 0 Å². The Hall–Kier alpha value is -1.07. The van der Waals surface area contributed by atoms with Gasteiger partial charge in [0.05, 0.1) is 0 Å². The van der Waals surface area contributed by atoms with E-state index >= 15 is 0 Å². The minimum absolute atomic E-state index is 0.0922. The quantitative estimate of drug-likeness (QED) is 0.916. The Morgan fingerprint density at radius 3 is 2.55 bits per heavy atom. The van der Waals surface area contributed by atoms with Gasteiger partial charge < -0.3 is 15.0 Å². The van der Waals surface area contributed by atoms with E-state index in [4.69, 9.17) is 4.74 Å². The summed E-state index contributed by atoms with van der Waals surface area (Å²) in [4.78, 5) is 15.3. The first-order valence-electron chi connectivity index (χ1n) is 7.94. The molecule has 2 heterocycles. The molecule has 1 aliphatic heterocycles. The van der Waals surface area contributed by atoms with Crippen LogP contribution in [0.15, 0.2) is 11.4 Å². The van der Waals surface area contributed by atoms with Gasteiger partial charge in [-0.05, 0) is 64.5 Å². The van der Waals surface area contributed by atoms with E-state index in [9.17, 15) is 4.79 Å². The third-order valence-electron chi connectivity index (χ3n) is 4.16. The Morgan fingerprint density at radius 2 is 2.05 bits per heavy atom. The van der Waals surface area contributed by atoms with Gasteiger partial charge in [0, 0.05) is 30.1 Å². The molecule has 0 aromatic carbocycles. The number of hydrogen-bond donors (Lipinski definition) is 1. The highest BCUT2D eigenvalue weighted by Crippen LogP contribution is 2.25. The summed E-state index contributed by atoms with van der Waals surface area (Å²) in [6, 6.07) is 2.16. The second-order valence-corrected chi connectivity index (χ2v) is 8.41. The molecule has 1 aliphatic rings. The number of nitrogens with zero attached hydrogens (tertiary/aromatic N) is 1. The molecular weight excluding hydrogens is 296 g/mol. The van der Waals surface area contributed by atoms with Crippen LogP contribution in [-0.4, -0.2) is 35.2 Å². The molecule has 4 nitrogen and oxygen atoms in total. The van der Waals surface area contributed by atoms with Crippen LogP contribution in [0.5, 0.6) is 0 Å². The van der Waals surface area contributed by atoms with Crippen molar-refractivity contribution in [1.29, 1.82) is 0 Å². The minimum Gasteiger partial charge on any atom is -0.444 e. The fraction of sp³-hybridized carbons (Fsp3) is 0.706. The summed E-state index contributed by atoms with van der Waals surface area (Å²) in [7, 11) is 0. The molecule has 0 atom stereocenters. The molecule has 0 unspecified atom stereocenters. The summed E-state index contributed by atoms with van der Waals surface area (Å²) in [5, 5.41) is 5.82. The summed E-state index contributed by atoms with van der Waals surface area (Å²) in [5.41, 5.74) is 1.02. The molecule has 1 N–H and O–H groups in total. The number of aryl methyl sites for hydroxylation is 1. The lowest BCUT2D eigenvalue weighted by atomic mass is 9.89. The van der Waals surface area contributed by atoms with Gasteiger partial charge in [-0.1, -0.05) is 0 Å². The average Bonchev–Trinajstić information content (AvgIpc) is 2.81. The van der Waals surface area contributed by atoms with Crippen molar-refractivity contribution >= 4 is 17.4 Å². The third kappa shape index (κ3) is 4.71. The largest absolute Gasteiger partial charge is 0.444 e. The van der Waals surface area contributed by atoms with E-state index in [0.29, 0.717) is 0 Å². The summed E-state index contributed by atoms with van der Waals surface area (Å²) < 4.78 is 5.45. The lowest BCUT2D eigenvalue weighted by molar-refractivity contribution is 0.0157. The normalized spacial score (nSPS) is 18.3. The van der Waals surface area contributed by atoms with Gasteiger partial charge >= 0.3 is 6.09 Å². The van der Waals surface area contributed by atoms with Gasteiger partial charge in [-0.15, -0.1) is 11.3 Å². The summed E-state index contributed by atoms with van der Waals surface area (Å²) in [6.07, 6.45) is 1.72. The SMILES string of the molecule is Cc1ccsc1CNC1(C)CCN(C(=O)OC(C)(C)C)CC1. The first-order chi connectivity index (χ1) is 10.2. The molecule has 1 aromatic rings. The van der Waals surface area contributed by atoms with Gasteiger partial charge in [0.25, 0.3) is 0 Å². The maximum atomic E-state index is 12.1. The van der Waals surface area contributed by atoms with Crippen molar-refractivity contribution in [2.24, 2.45) is 0 Å². The highest BCUT2D eigenvalue weighted by atomic mass is 32.1. The molecule has 0 spiro atoms. The number of likely N-dealkylation sites (tertiary alicyclic amines) is 1. The van der Waals surface area contributed by atoms with Crippen molar-refractivity contribution in [3.05, 3.63) is 21.9 Å². The van der Waals surface area contributed by atoms with Crippen LogP contribution in [0.3, 0.4) is 0 Å². The van der Waals surface area contributed by atoms with E-state index in [0.717, 1.165) is 32.5 Å². The fourth-order valence-electron chi connectivity index (χ4n) is 2.56. The van der Waals surface area contributed by atoms with Gasteiger partial charge in [0.15, 0.2) is 0 Å². The predicted molar refractivity (Wildman–Crippen MR) is 91.3 cm³/mol. The highest BCUT2D eigenvalue weighted by molar-refractivity contribution is 7.10. The van der Waals surface area contributed by atoms with Crippen molar-refractivity contribution in [2.75, 3.05) is 13.1 Å². The first kappa shape index (κ1) is 17.3. The molecule has 1 aromatic heterocycles. The van der Waals surface area contributed by atoms with Crippen molar-refractivity contribution in [3.8, 4) is 0 Å². The number of hydrogen-bond acceptors (Lipinski definition) is 4. The number of rotatable bonds is 3. The number of carbonyl (C=O) groups is 1. The molecule has 0 radical (unpaired) electrons. The van der Waals surface area contributed by atoms with E-state index in [1.807, 2.05) is 25.7 Å². The summed E-state index contributed by atoms with van der Waals surface area (Å²) >= 11 is 1.80. The van der Waals surface area contributed by atoms with Crippen LogP contribution in [0.1, 0.15) is 51.0 Å². The summed E-state index contributed by atoms with van der Waals surface area (Å²) in [5.74, 6) is 0. The minimum atomic E-state index is -0.424. The van der Waals surface area contributed by atoms with Crippen molar-refractivity contribution < 1.29 is 9.53 Å². The maximum absolute atomic E-state index is 12.1. The van der Waals surface area contributed by atoms with Crippen LogP contribution in [-0.2, 0) is 11.3 Å². The number of nitrogens with one attached hydrogen (secondary N) is 1. The van der Waals surface area contributed by atoms with Crippen LogP contribution < -0.4 is 5.32 Å². The Bertz CT molecular complexity index is 511. The third-order valence-corrected chi connectivity index (χ3v) is 5.19. The molecule has 0 bridgehead atoms. The number of carbonyl (C=O) groups excluding carboxylic acids is 1. The average molecular weight is 324 g/mol. The number of piperidine rings is 1. The molecule has 2 rings (SSSR count). The standard InChI is InChI=1S/C17H28N2O2S/c1-13-6-11-22-14(13)12-18-17(5)7-9-19(10-8-17)15(20)21-16(2,3)4/h6,11,18H,7-10,12H2,1-5H3. The van der Waals surface area contributed by atoms with E-state index in [-0.39, 0.29) is 11.6 Å². The first-order valence-corrected chi connectivity index (χ1v) is 8.82. The molecule has 1 saturated heterocycles. The van der Waals surface area contributed by atoms with Gasteiger partial charge in [-0.2, -0.15) is 0 Å². The molecule has 22 heavy (non-hydrogen) atoms. The number of amides is 1. The van der Waals surface area contributed by atoms with Crippen LogP contribution in [0.2, 0.25) is 0 Å². The van der Waals surface area contributed by atoms with Crippen molar-refractivity contribution in [2.45, 2.75) is 65.1 Å². The number of ether oxygens (including phenoxy) is 1. The zero-order valence-corrected chi connectivity index (χ0v) is 15.2. The van der Waals surface area contributed by atoms with Gasteiger partial charge in [0.2, 0.25) is 0 Å². The van der Waals surface area contributed by atoms with Crippen LogP contribution >= 0.6 is 11.3 Å². The topological polar surface area (TPSA) is 41.6 Å². The zero-order chi connectivity index (χ0) is 16.4. The molecule has 5 heteroatoms. The van der Waals surface area contributed by atoms with E-state index in [2.05, 4.69) is 30.6 Å². The molecular formula is C17H28N2O2S. The molecule has 0 aliphatic carbocycles. The van der Waals surface area contributed by atoms with Crippen LogP contribution in [0.25, 0.3) is 0 Å². The predicted octanol–water partition coefficient (Wildman–Crippen LogP) is 3.94. The van der Waals surface area contributed by atoms with E-state index in [1.165, 1.54) is 10.4 Å². The Balaban J connectivity index is 1.83. The second-order valence-electron chi connectivity index (χ2n) is 7.41.